The first-order valence-corrected chi connectivity index (χ1v) is 6.02. The maximum absolute atomic E-state index is 12.1. The van der Waals surface area contributed by atoms with Crippen LogP contribution in [-0.2, 0) is 0 Å². The molecule has 0 radical (unpaired) electrons. The molecule has 98 valence electrons. The van der Waals surface area contributed by atoms with E-state index in [2.05, 4.69) is 4.98 Å². The van der Waals surface area contributed by atoms with Crippen molar-refractivity contribution in [2.24, 2.45) is 0 Å². The van der Waals surface area contributed by atoms with Gasteiger partial charge in [-0.1, -0.05) is 30.3 Å². The third-order valence-electron chi connectivity index (χ3n) is 3.12. The normalized spacial score (nSPS) is 10.6. The molecule has 0 saturated carbocycles. The van der Waals surface area contributed by atoms with Crippen LogP contribution in [-0.4, -0.2) is 9.91 Å². The molecule has 0 amide bonds. The van der Waals surface area contributed by atoms with E-state index in [-0.39, 0.29) is 11.2 Å². The number of pyridine rings is 1. The van der Waals surface area contributed by atoms with E-state index in [0.717, 1.165) is 10.9 Å². The van der Waals surface area contributed by atoms with Gasteiger partial charge in [0.15, 0.2) is 0 Å². The number of hydrogen-bond acceptors (Lipinski definition) is 3. The molecule has 0 aliphatic rings. The molecule has 0 spiro atoms. The van der Waals surface area contributed by atoms with Gasteiger partial charge in [-0.15, -0.1) is 0 Å². The molecular weight excluding hydrogens is 256 g/mol. The summed E-state index contributed by atoms with van der Waals surface area (Å²) in [4.78, 5) is 25.2. The zero-order valence-electron chi connectivity index (χ0n) is 10.4. The second-order valence-electron chi connectivity index (χ2n) is 4.41. The first kappa shape index (κ1) is 12.1. The zero-order chi connectivity index (χ0) is 14.1. The Labute approximate surface area is 113 Å². The third kappa shape index (κ3) is 2.05. The number of aromatic amines is 1. The third-order valence-corrected chi connectivity index (χ3v) is 3.12. The van der Waals surface area contributed by atoms with Crippen LogP contribution < -0.4 is 5.56 Å². The first-order valence-electron chi connectivity index (χ1n) is 6.02. The van der Waals surface area contributed by atoms with Crippen molar-refractivity contribution in [1.29, 1.82) is 0 Å². The number of nitro groups is 1. The smallest absolute Gasteiger partial charge is 0.270 e. The molecule has 1 aromatic heterocycles. The molecule has 0 saturated heterocycles. The van der Waals surface area contributed by atoms with Crippen LogP contribution in [0.4, 0.5) is 5.69 Å². The predicted molar refractivity (Wildman–Crippen MR) is 76.7 cm³/mol. The maximum Gasteiger partial charge on any atom is 0.270 e. The lowest BCUT2D eigenvalue weighted by molar-refractivity contribution is -0.384. The van der Waals surface area contributed by atoms with E-state index in [4.69, 9.17) is 0 Å². The number of rotatable bonds is 2. The minimum atomic E-state index is -0.473. The van der Waals surface area contributed by atoms with Crippen molar-refractivity contribution in [3.8, 4) is 11.1 Å². The maximum atomic E-state index is 12.1. The summed E-state index contributed by atoms with van der Waals surface area (Å²) in [5.74, 6) is 0. The van der Waals surface area contributed by atoms with Crippen LogP contribution in [0.1, 0.15) is 0 Å². The molecule has 2 aromatic carbocycles. The van der Waals surface area contributed by atoms with E-state index in [1.165, 1.54) is 12.1 Å². The highest BCUT2D eigenvalue weighted by atomic mass is 16.6. The van der Waals surface area contributed by atoms with Crippen LogP contribution in [0.25, 0.3) is 22.0 Å². The Balaban J connectivity index is 2.24. The Morgan fingerprint density at radius 1 is 1.00 bits per heavy atom. The molecule has 0 unspecified atom stereocenters. The van der Waals surface area contributed by atoms with E-state index in [0.29, 0.717) is 11.1 Å². The van der Waals surface area contributed by atoms with Crippen LogP contribution in [0.5, 0.6) is 0 Å². The summed E-state index contributed by atoms with van der Waals surface area (Å²) in [6.45, 7) is 0. The van der Waals surface area contributed by atoms with Gasteiger partial charge >= 0.3 is 0 Å². The molecule has 0 aliphatic heterocycles. The van der Waals surface area contributed by atoms with Crippen LogP contribution in [0.15, 0.2) is 59.4 Å². The number of nitro benzene ring substituents is 1. The van der Waals surface area contributed by atoms with Crippen molar-refractivity contribution >= 4 is 16.6 Å². The fourth-order valence-electron chi connectivity index (χ4n) is 2.15. The van der Waals surface area contributed by atoms with Crippen LogP contribution in [0.3, 0.4) is 0 Å². The van der Waals surface area contributed by atoms with Crippen LogP contribution >= 0.6 is 0 Å². The molecule has 5 heteroatoms. The van der Waals surface area contributed by atoms with Crippen molar-refractivity contribution in [3.63, 3.8) is 0 Å². The number of para-hydroxylation sites is 1. The van der Waals surface area contributed by atoms with Crippen LogP contribution in [0, 0.1) is 10.1 Å². The Morgan fingerprint density at radius 3 is 2.60 bits per heavy atom. The molecule has 1 N–H and O–H groups in total. The van der Waals surface area contributed by atoms with Gasteiger partial charge in [0.05, 0.1) is 4.92 Å². The Bertz CT molecular complexity index is 868. The van der Waals surface area contributed by atoms with Gasteiger partial charge in [0.2, 0.25) is 0 Å². The topological polar surface area (TPSA) is 76.0 Å². The summed E-state index contributed by atoms with van der Waals surface area (Å²) in [5, 5.41) is 11.7. The highest BCUT2D eigenvalue weighted by molar-refractivity contribution is 5.83. The van der Waals surface area contributed by atoms with Gasteiger partial charge < -0.3 is 4.98 Å². The number of fused-ring (bicyclic) bond motifs is 1. The second kappa shape index (κ2) is 4.62. The number of benzene rings is 2. The molecule has 0 bridgehead atoms. The van der Waals surface area contributed by atoms with Gasteiger partial charge in [-0.05, 0) is 23.1 Å². The van der Waals surface area contributed by atoms with Gasteiger partial charge in [0.1, 0.15) is 0 Å². The van der Waals surface area contributed by atoms with E-state index >= 15 is 0 Å². The molecule has 0 aliphatic carbocycles. The largest absolute Gasteiger partial charge is 0.321 e. The summed E-state index contributed by atoms with van der Waals surface area (Å²) in [6, 6.07) is 15.2. The van der Waals surface area contributed by atoms with Crippen molar-refractivity contribution in [2.75, 3.05) is 0 Å². The van der Waals surface area contributed by atoms with Crippen molar-refractivity contribution in [2.45, 2.75) is 0 Å². The molecule has 20 heavy (non-hydrogen) atoms. The van der Waals surface area contributed by atoms with E-state index in [1.807, 2.05) is 24.3 Å². The fourth-order valence-corrected chi connectivity index (χ4v) is 2.15. The van der Waals surface area contributed by atoms with Gasteiger partial charge in [-0.2, -0.15) is 0 Å². The van der Waals surface area contributed by atoms with Gasteiger partial charge in [0.25, 0.3) is 11.2 Å². The van der Waals surface area contributed by atoms with Gasteiger partial charge in [-0.3, -0.25) is 14.9 Å². The van der Waals surface area contributed by atoms with Crippen molar-refractivity contribution in [1.82, 2.24) is 4.98 Å². The first-order chi connectivity index (χ1) is 9.65. The lowest BCUT2D eigenvalue weighted by Gasteiger charge is -2.03. The van der Waals surface area contributed by atoms with Gasteiger partial charge in [0, 0.05) is 23.2 Å². The summed E-state index contributed by atoms with van der Waals surface area (Å²) in [7, 11) is 0. The molecule has 1 heterocycles. The molecule has 3 rings (SSSR count). The predicted octanol–water partition coefficient (Wildman–Crippen LogP) is 3.10. The van der Waals surface area contributed by atoms with Crippen molar-refractivity contribution < 1.29 is 4.92 Å². The molecule has 0 atom stereocenters. The quantitative estimate of drug-likeness (QED) is 0.572. The molecule has 5 nitrogen and oxygen atoms in total. The monoisotopic (exact) mass is 266 g/mol. The molecule has 0 fully saturated rings. The summed E-state index contributed by atoms with van der Waals surface area (Å²) >= 11 is 0. The number of hydrogen-bond donors (Lipinski definition) is 1. The Kier molecular flexibility index (Phi) is 2.80. The van der Waals surface area contributed by atoms with E-state index < -0.39 is 4.92 Å². The summed E-state index contributed by atoms with van der Waals surface area (Å²) in [5.41, 5.74) is 1.41. The SMILES string of the molecule is O=c1[nH]c2ccccc2cc1-c1cccc([N+](=O)[O-])c1. The number of non-ortho nitro benzene ring substituents is 1. The number of nitrogens with one attached hydrogen (secondary N) is 1. The minimum Gasteiger partial charge on any atom is -0.321 e. The lowest BCUT2D eigenvalue weighted by Crippen LogP contribution is -2.08. The summed E-state index contributed by atoms with van der Waals surface area (Å²) in [6.07, 6.45) is 0. The average molecular weight is 266 g/mol. The Morgan fingerprint density at radius 2 is 1.80 bits per heavy atom. The molecule has 3 aromatic rings. The Hall–Kier alpha value is -2.95. The lowest BCUT2D eigenvalue weighted by atomic mass is 10.0. The van der Waals surface area contributed by atoms with Crippen molar-refractivity contribution in [3.05, 3.63) is 75.1 Å². The molecular formula is C15H10N2O3. The highest BCUT2D eigenvalue weighted by Gasteiger charge is 2.10. The summed E-state index contributed by atoms with van der Waals surface area (Å²) < 4.78 is 0. The zero-order valence-corrected chi connectivity index (χ0v) is 10.4. The standard InChI is InChI=1S/C15H10N2O3/c18-15-13(9-11-4-1-2-7-14(11)16-15)10-5-3-6-12(8-10)17(19)20/h1-9H,(H,16,18). The fraction of sp³-hybridized carbons (Fsp3) is 0. The number of H-pyrrole nitrogens is 1. The van der Waals surface area contributed by atoms with E-state index in [9.17, 15) is 14.9 Å². The second-order valence-corrected chi connectivity index (χ2v) is 4.41. The van der Waals surface area contributed by atoms with Gasteiger partial charge in [-0.25, -0.2) is 0 Å². The minimum absolute atomic E-state index is 0.0324. The number of nitrogens with zero attached hydrogens (tertiary/aromatic N) is 1. The number of aromatic nitrogens is 1. The highest BCUT2D eigenvalue weighted by Crippen LogP contribution is 2.23. The van der Waals surface area contributed by atoms with E-state index in [1.54, 1.807) is 18.2 Å². The van der Waals surface area contributed by atoms with Crippen LogP contribution in [0.2, 0.25) is 0 Å². The average Bonchev–Trinajstić information content (AvgIpc) is 2.46.